The van der Waals surface area contributed by atoms with Crippen LogP contribution in [0.2, 0.25) is 0 Å². The van der Waals surface area contributed by atoms with E-state index in [4.69, 9.17) is 0 Å². The summed E-state index contributed by atoms with van der Waals surface area (Å²) in [4.78, 5) is 26.5. The maximum Gasteiger partial charge on any atom is 0.242 e. The molecule has 3 aliphatic rings. The van der Waals surface area contributed by atoms with Gasteiger partial charge in [-0.15, -0.1) is 0 Å². The van der Waals surface area contributed by atoms with Crippen molar-refractivity contribution in [3.63, 3.8) is 0 Å². The second kappa shape index (κ2) is 6.34. The number of carbonyl (C=O) groups is 2. The number of nitrogens with zero attached hydrogens (tertiary/aromatic N) is 1. The maximum atomic E-state index is 12.7. The number of hydrogen-bond acceptors (Lipinski definition) is 3. The SMILES string of the molecule is CNC(=O)C1CCCCN1C(=O)CC1CC2CCC(C1)N2. The maximum absolute atomic E-state index is 12.7. The summed E-state index contributed by atoms with van der Waals surface area (Å²) in [7, 11) is 1.66. The predicted molar refractivity (Wildman–Crippen MR) is 80.7 cm³/mol. The van der Waals surface area contributed by atoms with Crippen molar-refractivity contribution < 1.29 is 9.59 Å². The van der Waals surface area contributed by atoms with Gasteiger partial charge in [-0.2, -0.15) is 0 Å². The Labute approximate surface area is 126 Å². The molecule has 21 heavy (non-hydrogen) atoms. The number of carbonyl (C=O) groups excluding carboxylic acids is 2. The molecule has 3 unspecified atom stereocenters. The van der Waals surface area contributed by atoms with Gasteiger partial charge >= 0.3 is 0 Å². The summed E-state index contributed by atoms with van der Waals surface area (Å²) in [5.41, 5.74) is 0. The Hall–Kier alpha value is -1.10. The standard InChI is InChI=1S/C16H27N3O2/c1-17-16(21)14-4-2-3-7-19(14)15(20)10-11-8-12-5-6-13(9-11)18-12/h11-14,18H,2-10H2,1H3,(H,17,21). The average molecular weight is 293 g/mol. The molecule has 5 nitrogen and oxygen atoms in total. The van der Waals surface area contributed by atoms with Crippen molar-refractivity contribution in [3.05, 3.63) is 0 Å². The first-order valence-corrected chi connectivity index (χ1v) is 8.44. The molecule has 0 aromatic rings. The zero-order valence-corrected chi connectivity index (χ0v) is 12.9. The first-order chi connectivity index (χ1) is 10.2. The highest BCUT2D eigenvalue weighted by molar-refractivity contribution is 5.87. The second-order valence-corrected chi connectivity index (χ2v) is 6.89. The summed E-state index contributed by atoms with van der Waals surface area (Å²) in [6.07, 6.45) is 8.28. The molecule has 0 saturated carbocycles. The number of likely N-dealkylation sites (N-methyl/N-ethyl adjacent to an activating group) is 1. The normalized spacial score (nSPS) is 35.6. The lowest BCUT2D eigenvalue weighted by Crippen LogP contribution is -2.52. The van der Waals surface area contributed by atoms with Crippen LogP contribution in [0.1, 0.15) is 51.4 Å². The molecule has 0 radical (unpaired) electrons. The van der Waals surface area contributed by atoms with Gasteiger partial charge in [0.05, 0.1) is 0 Å². The highest BCUT2D eigenvalue weighted by Gasteiger charge is 2.37. The molecular weight excluding hydrogens is 266 g/mol. The van der Waals surface area contributed by atoms with E-state index in [0.717, 1.165) is 38.6 Å². The van der Waals surface area contributed by atoms with E-state index in [0.29, 0.717) is 24.4 Å². The minimum atomic E-state index is -0.241. The summed E-state index contributed by atoms with van der Waals surface area (Å²) in [5, 5.41) is 6.32. The molecule has 2 bridgehead atoms. The van der Waals surface area contributed by atoms with Gasteiger partial charge in [0, 0.05) is 32.1 Å². The van der Waals surface area contributed by atoms with E-state index in [9.17, 15) is 9.59 Å². The topological polar surface area (TPSA) is 61.4 Å². The first-order valence-electron chi connectivity index (χ1n) is 8.44. The smallest absolute Gasteiger partial charge is 0.242 e. The van der Waals surface area contributed by atoms with Gasteiger partial charge in [-0.3, -0.25) is 9.59 Å². The monoisotopic (exact) mass is 293 g/mol. The number of piperidine rings is 2. The molecule has 5 heteroatoms. The lowest BCUT2D eigenvalue weighted by Gasteiger charge is -2.36. The third-order valence-electron chi connectivity index (χ3n) is 5.41. The molecule has 0 aliphatic carbocycles. The van der Waals surface area contributed by atoms with E-state index in [2.05, 4.69) is 10.6 Å². The first kappa shape index (κ1) is 14.8. The minimum Gasteiger partial charge on any atom is -0.357 e. The van der Waals surface area contributed by atoms with Crippen LogP contribution >= 0.6 is 0 Å². The van der Waals surface area contributed by atoms with Crippen LogP contribution in [0.3, 0.4) is 0 Å². The van der Waals surface area contributed by atoms with E-state index in [1.165, 1.54) is 12.8 Å². The number of hydrogen-bond donors (Lipinski definition) is 2. The molecule has 3 fully saturated rings. The van der Waals surface area contributed by atoms with E-state index >= 15 is 0 Å². The van der Waals surface area contributed by atoms with Gasteiger partial charge in [-0.05, 0) is 50.9 Å². The van der Waals surface area contributed by atoms with Crippen molar-refractivity contribution in [2.75, 3.05) is 13.6 Å². The Bertz CT molecular complexity index is 400. The Morgan fingerprint density at radius 3 is 2.52 bits per heavy atom. The Kier molecular flexibility index (Phi) is 4.48. The molecular formula is C16H27N3O2. The largest absolute Gasteiger partial charge is 0.357 e. The third-order valence-corrected chi connectivity index (χ3v) is 5.41. The molecule has 3 heterocycles. The van der Waals surface area contributed by atoms with E-state index in [1.54, 1.807) is 7.05 Å². The highest BCUT2D eigenvalue weighted by Crippen LogP contribution is 2.33. The van der Waals surface area contributed by atoms with Gasteiger partial charge in [0.1, 0.15) is 6.04 Å². The molecule has 0 aromatic heterocycles. The Morgan fingerprint density at radius 1 is 1.14 bits per heavy atom. The predicted octanol–water partition coefficient (Wildman–Crippen LogP) is 1.03. The average Bonchev–Trinajstić information content (AvgIpc) is 2.85. The molecule has 3 rings (SSSR count). The van der Waals surface area contributed by atoms with Crippen molar-refractivity contribution in [3.8, 4) is 0 Å². The number of nitrogens with one attached hydrogen (secondary N) is 2. The van der Waals surface area contributed by atoms with Crippen molar-refractivity contribution in [2.45, 2.75) is 69.5 Å². The van der Waals surface area contributed by atoms with Gasteiger partial charge in [-0.25, -0.2) is 0 Å². The summed E-state index contributed by atoms with van der Waals surface area (Å²) < 4.78 is 0. The quantitative estimate of drug-likeness (QED) is 0.817. The van der Waals surface area contributed by atoms with Crippen molar-refractivity contribution >= 4 is 11.8 Å². The van der Waals surface area contributed by atoms with Gasteiger partial charge in [0.15, 0.2) is 0 Å². The Balaban J connectivity index is 1.59. The van der Waals surface area contributed by atoms with E-state index in [-0.39, 0.29) is 17.9 Å². The molecule has 3 aliphatic heterocycles. The van der Waals surface area contributed by atoms with Crippen molar-refractivity contribution in [2.24, 2.45) is 5.92 Å². The summed E-state index contributed by atoms with van der Waals surface area (Å²) in [5.74, 6) is 0.687. The molecule has 3 atom stereocenters. The van der Waals surface area contributed by atoms with Crippen LogP contribution in [0, 0.1) is 5.92 Å². The van der Waals surface area contributed by atoms with Gasteiger partial charge in [0.2, 0.25) is 11.8 Å². The second-order valence-electron chi connectivity index (χ2n) is 6.89. The lowest BCUT2D eigenvalue weighted by molar-refractivity contribution is -0.143. The van der Waals surface area contributed by atoms with Crippen LogP contribution in [-0.4, -0.2) is 48.4 Å². The summed E-state index contributed by atoms with van der Waals surface area (Å²) in [6, 6.07) is 1.00. The van der Waals surface area contributed by atoms with Gasteiger partial charge in [-0.1, -0.05) is 0 Å². The summed E-state index contributed by atoms with van der Waals surface area (Å²) in [6.45, 7) is 0.745. The fourth-order valence-electron chi connectivity index (χ4n) is 4.38. The van der Waals surface area contributed by atoms with Crippen LogP contribution in [0.15, 0.2) is 0 Å². The van der Waals surface area contributed by atoms with Crippen LogP contribution < -0.4 is 10.6 Å². The fraction of sp³-hybridized carbons (Fsp3) is 0.875. The van der Waals surface area contributed by atoms with E-state index < -0.39 is 0 Å². The van der Waals surface area contributed by atoms with Crippen LogP contribution in [-0.2, 0) is 9.59 Å². The summed E-state index contributed by atoms with van der Waals surface area (Å²) >= 11 is 0. The third kappa shape index (κ3) is 3.23. The molecule has 118 valence electrons. The fourth-order valence-corrected chi connectivity index (χ4v) is 4.38. The lowest BCUT2D eigenvalue weighted by atomic mass is 9.88. The van der Waals surface area contributed by atoms with Gasteiger partial charge in [0.25, 0.3) is 0 Å². The molecule has 0 aromatic carbocycles. The number of likely N-dealkylation sites (tertiary alicyclic amines) is 1. The molecule has 0 spiro atoms. The van der Waals surface area contributed by atoms with Crippen molar-refractivity contribution in [1.29, 1.82) is 0 Å². The zero-order chi connectivity index (χ0) is 14.8. The minimum absolute atomic E-state index is 0.00608. The van der Waals surface area contributed by atoms with Crippen molar-refractivity contribution in [1.82, 2.24) is 15.5 Å². The molecule has 3 saturated heterocycles. The van der Waals surface area contributed by atoms with Crippen LogP contribution in [0.4, 0.5) is 0 Å². The number of amides is 2. The molecule has 2 amide bonds. The highest BCUT2D eigenvalue weighted by atomic mass is 16.2. The van der Waals surface area contributed by atoms with Crippen LogP contribution in [0.25, 0.3) is 0 Å². The molecule has 2 N–H and O–H groups in total. The Morgan fingerprint density at radius 2 is 1.86 bits per heavy atom. The number of rotatable bonds is 3. The number of fused-ring (bicyclic) bond motifs is 2. The van der Waals surface area contributed by atoms with Gasteiger partial charge < -0.3 is 15.5 Å². The van der Waals surface area contributed by atoms with E-state index in [1.807, 2.05) is 4.90 Å². The van der Waals surface area contributed by atoms with Crippen LogP contribution in [0.5, 0.6) is 0 Å². The zero-order valence-electron chi connectivity index (χ0n) is 12.9.